The van der Waals surface area contributed by atoms with Gasteiger partial charge in [0, 0.05) is 18.3 Å². The average molecular weight is 144 g/mol. The lowest BCUT2D eigenvalue weighted by atomic mass is 10.4. The van der Waals surface area contributed by atoms with Crippen LogP contribution < -0.4 is 0 Å². The summed E-state index contributed by atoms with van der Waals surface area (Å²) in [6.45, 7) is 6.29. The maximum atomic E-state index is 7.43. The molecule has 0 aromatic heterocycles. The summed E-state index contributed by atoms with van der Waals surface area (Å²) in [5.41, 5.74) is 0. The molecule has 1 rings (SSSR count). The van der Waals surface area contributed by atoms with Crippen LogP contribution >= 0.6 is 11.8 Å². The number of hydrogen-bond donors (Lipinski definition) is 1. The third-order valence-corrected chi connectivity index (χ3v) is 2.49. The standard InChI is InChI=1S/C6H12N2S/c1-3-8-4-5(2)9-6(8)7/h5,7H,3-4H2,1-2H3. The minimum absolute atomic E-state index is 0.623. The van der Waals surface area contributed by atoms with Crippen LogP contribution in [0.15, 0.2) is 0 Å². The maximum Gasteiger partial charge on any atom is 0.156 e. The molecule has 9 heavy (non-hydrogen) atoms. The van der Waals surface area contributed by atoms with Crippen LogP contribution in [0.2, 0.25) is 0 Å². The molecule has 0 aromatic rings. The molecular formula is C6H12N2S. The Morgan fingerprint density at radius 3 is 2.78 bits per heavy atom. The molecule has 0 aliphatic carbocycles. The van der Waals surface area contributed by atoms with Gasteiger partial charge in [-0.25, -0.2) is 0 Å². The SMILES string of the molecule is CCN1CC(C)SC1=N. The van der Waals surface area contributed by atoms with Gasteiger partial charge in [-0.2, -0.15) is 0 Å². The van der Waals surface area contributed by atoms with Crippen LogP contribution in [-0.4, -0.2) is 28.4 Å². The first-order chi connectivity index (χ1) is 4.24. The fraction of sp³-hybridized carbons (Fsp3) is 0.833. The van der Waals surface area contributed by atoms with Gasteiger partial charge >= 0.3 is 0 Å². The van der Waals surface area contributed by atoms with Crippen molar-refractivity contribution in [2.24, 2.45) is 0 Å². The van der Waals surface area contributed by atoms with E-state index in [9.17, 15) is 0 Å². The molecule has 1 saturated heterocycles. The number of hydrogen-bond acceptors (Lipinski definition) is 2. The number of thioether (sulfide) groups is 1. The Bertz CT molecular complexity index is 124. The van der Waals surface area contributed by atoms with Crippen molar-refractivity contribution in [1.82, 2.24) is 4.90 Å². The summed E-state index contributed by atoms with van der Waals surface area (Å²) in [7, 11) is 0. The van der Waals surface area contributed by atoms with Crippen molar-refractivity contribution in [3.05, 3.63) is 0 Å². The Morgan fingerprint density at radius 2 is 2.56 bits per heavy atom. The third kappa shape index (κ3) is 1.39. The van der Waals surface area contributed by atoms with Gasteiger partial charge in [-0.3, -0.25) is 5.41 Å². The van der Waals surface area contributed by atoms with Crippen LogP contribution in [0.25, 0.3) is 0 Å². The van der Waals surface area contributed by atoms with Gasteiger partial charge in [0.25, 0.3) is 0 Å². The molecule has 1 fully saturated rings. The first-order valence-electron chi connectivity index (χ1n) is 3.24. The lowest BCUT2D eigenvalue weighted by Crippen LogP contribution is -2.23. The fourth-order valence-electron chi connectivity index (χ4n) is 0.968. The second kappa shape index (κ2) is 2.60. The topological polar surface area (TPSA) is 27.1 Å². The van der Waals surface area contributed by atoms with E-state index in [1.165, 1.54) is 0 Å². The van der Waals surface area contributed by atoms with Crippen molar-refractivity contribution >= 4 is 16.9 Å². The zero-order valence-corrected chi connectivity index (χ0v) is 6.66. The summed E-state index contributed by atoms with van der Waals surface area (Å²) in [5, 5.41) is 8.79. The van der Waals surface area contributed by atoms with Crippen LogP contribution in [0.1, 0.15) is 13.8 Å². The Kier molecular flexibility index (Phi) is 2.01. The molecule has 0 aromatic carbocycles. The van der Waals surface area contributed by atoms with Gasteiger partial charge in [0.05, 0.1) is 0 Å². The molecule has 1 N–H and O–H groups in total. The summed E-state index contributed by atoms with van der Waals surface area (Å²) in [5.74, 6) is 0. The average Bonchev–Trinajstić information content (AvgIpc) is 2.10. The molecular weight excluding hydrogens is 132 g/mol. The molecule has 1 atom stereocenters. The monoisotopic (exact) mass is 144 g/mol. The second-order valence-corrected chi connectivity index (χ2v) is 3.70. The molecule has 3 heteroatoms. The maximum absolute atomic E-state index is 7.43. The molecule has 52 valence electrons. The molecule has 1 aliphatic rings. The van der Waals surface area contributed by atoms with E-state index in [2.05, 4.69) is 18.7 Å². The number of rotatable bonds is 1. The summed E-state index contributed by atoms with van der Waals surface area (Å²) in [6.07, 6.45) is 0. The van der Waals surface area contributed by atoms with Crippen molar-refractivity contribution in [2.45, 2.75) is 19.1 Å². The molecule has 0 bridgehead atoms. The van der Waals surface area contributed by atoms with E-state index in [-0.39, 0.29) is 0 Å². The molecule has 0 radical (unpaired) electrons. The van der Waals surface area contributed by atoms with E-state index in [1.807, 2.05) is 0 Å². The van der Waals surface area contributed by atoms with Crippen molar-refractivity contribution in [2.75, 3.05) is 13.1 Å². The van der Waals surface area contributed by atoms with E-state index >= 15 is 0 Å². The van der Waals surface area contributed by atoms with Gasteiger partial charge < -0.3 is 4.90 Å². The van der Waals surface area contributed by atoms with Crippen LogP contribution in [0, 0.1) is 5.41 Å². The van der Waals surface area contributed by atoms with Crippen LogP contribution in [0.5, 0.6) is 0 Å². The van der Waals surface area contributed by atoms with E-state index in [1.54, 1.807) is 11.8 Å². The summed E-state index contributed by atoms with van der Waals surface area (Å²) in [4.78, 5) is 2.09. The van der Waals surface area contributed by atoms with Crippen LogP contribution in [0.3, 0.4) is 0 Å². The highest BCUT2D eigenvalue weighted by molar-refractivity contribution is 8.14. The molecule has 1 unspecified atom stereocenters. The first-order valence-corrected chi connectivity index (χ1v) is 4.12. The summed E-state index contributed by atoms with van der Waals surface area (Å²) >= 11 is 1.66. The smallest absolute Gasteiger partial charge is 0.156 e. The largest absolute Gasteiger partial charge is 0.351 e. The molecule has 0 saturated carbocycles. The Morgan fingerprint density at radius 1 is 1.89 bits per heavy atom. The van der Waals surface area contributed by atoms with Crippen molar-refractivity contribution in [3.63, 3.8) is 0 Å². The quantitative estimate of drug-likeness (QED) is 0.602. The predicted octanol–water partition coefficient (Wildman–Crippen LogP) is 1.38. The minimum Gasteiger partial charge on any atom is -0.351 e. The molecule has 2 nitrogen and oxygen atoms in total. The van der Waals surface area contributed by atoms with Crippen molar-refractivity contribution in [3.8, 4) is 0 Å². The Balaban J connectivity index is 2.48. The predicted molar refractivity (Wildman–Crippen MR) is 42.0 cm³/mol. The van der Waals surface area contributed by atoms with E-state index in [4.69, 9.17) is 5.41 Å². The summed E-state index contributed by atoms with van der Waals surface area (Å²) in [6, 6.07) is 0. The van der Waals surface area contributed by atoms with E-state index in [0.717, 1.165) is 18.3 Å². The van der Waals surface area contributed by atoms with Gasteiger partial charge in [0.2, 0.25) is 0 Å². The van der Waals surface area contributed by atoms with Gasteiger partial charge in [-0.1, -0.05) is 18.7 Å². The van der Waals surface area contributed by atoms with Crippen molar-refractivity contribution < 1.29 is 0 Å². The number of nitrogens with one attached hydrogen (secondary N) is 1. The van der Waals surface area contributed by atoms with Gasteiger partial charge in [0.15, 0.2) is 5.17 Å². The lowest BCUT2D eigenvalue weighted by molar-refractivity contribution is 0.464. The molecule has 1 aliphatic heterocycles. The number of nitrogens with zero attached hydrogens (tertiary/aromatic N) is 1. The van der Waals surface area contributed by atoms with E-state index < -0.39 is 0 Å². The highest BCUT2D eigenvalue weighted by Gasteiger charge is 2.21. The van der Waals surface area contributed by atoms with Crippen molar-refractivity contribution in [1.29, 1.82) is 5.41 Å². The Labute approximate surface area is 60.1 Å². The van der Waals surface area contributed by atoms with Crippen LogP contribution in [-0.2, 0) is 0 Å². The minimum atomic E-state index is 0.623. The molecule has 0 spiro atoms. The van der Waals surface area contributed by atoms with E-state index in [0.29, 0.717) is 5.25 Å². The first kappa shape index (κ1) is 6.93. The van der Waals surface area contributed by atoms with Gasteiger partial charge in [0.1, 0.15) is 0 Å². The highest BCUT2D eigenvalue weighted by atomic mass is 32.2. The third-order valence-electron chi connectivity index (χ3n) is 1.46. The number of amidine groups is 1. The van der Waals surface area contributed by atoms with Crippen LogP contribution in [0.4, 0.5) is 0 Å². The molecule has 0 amide bonds. The zero-order chi connectivity index (χ0) is 6.85. The lowest BCUT2D eigenvalue weighted by Gasteiger charge is -2.12. The van der Waals surface area contributed by atoms with Gasteiger partial charge in [-0.05, 0) is 6.92 Å². The van der Waals surface area contributed by atoms with Gasteiger partial charge in [-0.15, -0.1) is 0 Å². The normalized spacial score (nSPS) is 27.6. The highest BCUT2D eigenvalue weighted by Crippen LogP contribution is 2.22. The Hall–Kier alpha value is -0.180. The molecule has 1 heterocycles. The fourth-order valence-corrected chi connectivity index (χ4v) is 1.96. The summed E-state index contributed by atoms with van der Waals surface area (Å²) < 4.78 is 0. The zero-order valence-electron chi connectivity index (χ0n) is 5.85. The second-order valence-electron chi connectivity index (χ2n) is 2.27.